The van der Waals surface area contributed by atoms with E-state index in [-0.39, 0.29) is 5.41 Å². The lowest BCUT2D eigenvalue weighted by Gasteiger charge is -2.26. The summed E-state index contributed by atoms with van der Waals surface area (Å²) in [6.45, 7) is 4.80. The van der Waals surface area contributed by atoms with Crippen LogP contribution in [0, 0.1) is 5.41 Å². The molecular weight excluding hydrogens is 236 g/mol. The molecule has 2 aliphatic rings. The molecule has 1 unspecified atom stereocenters. The van der Waals surface area contributed by atoms with Crippen LogP contribution >= 0.6 is 0 Å². The molecule has 1 N–H and O–H groups in total. The van der Waals surface area contributed by atoms with Crippen molar-refractivity contribution in [2.24, 2.45) is 5.41 Å². The lowest BCUT2D eigenvalue weighted by Crippen LogP contribution is -2.41. The van der Waals surface area contributed by atoms with Gasteiger partial charge in [0.1, 0.15) is 5.78 Å². The smallest absolute Gasteiger partial charge is 0.141 e. The Balaban J connectivity index is 1.67. The normalized spacial score (nSPS) is 28.7. The van der Waals surface area contributed by atoms with E-state index in [1.165, 1.54) is 5.56 Å². The van der Waals surface area contributed by atoms with Gasteiger partial charge in [-0.3, -0.25) is 9.69 Å². The molecule has 0 aromatic heterocycles. The molecule has 1 aromatic rings. The van der Waals surface area contributed by atoms with Crippen LogP contribution in [0.2, 0.25) is 0 Å². The number of carbonyl (C=O) groups is 1. The highest BCUT2D eigenvalue weighted by Crippen LogP contribution is 2.34. The van der Waals surface area contributed by atoms with Crippen molar-refractivity contribution in [1.29, 1.82) is 0 Å². The summed E-state index contributed by atoms with van der Waals surface area (Å²) in [5.74, 6) is 0.480. The van der Waals surface area contributed by atoms with Gasteiger partial charge < -0.3 is 5.32 Å². The van der Waals surface area contributed by atoms with E-state index >= 15 is 0 Å². The monoisotopic (exact) mass is 258 g/mol. The van der Waals surface area contributed by atoms with Crippen molar-refractivity contribution in [3.05, 3.63) is 35.9 Å². The zero-order valence-electron chi connectivity index (χ0n) is 11.4. The van der Waals surface area contributed by atoms with Crippen LogP contribution in [0.3, 0.4) is 0 Å². The lowest BCUT2D eigenvalue weighted by atomic mass is 9.81. The molecule has 0 amide bonds. The molecule has 0 bridgehead atoms. The van der Waals surface area contributed by atoms with Gasteiger partial charge in [-0.1, -0.05) is 30.3 Å². The molecule has 2 heterocycles. The minimum absolute atomic E-state index is 0.106. The van der Waals surface area contributed by atoms with Gasteiger partial charge in [-0.2, -0.15) is 0 Å². The summed E-state index contributed by atoms with van der Waals surface area (Å²) in [7, 11) is 0. The largest absolute Gasteiger partial charge is 0.316 e. The fourth-order valence-electron chi connectivity index (χ4n) is 3.37. The van der Waals surface area contributed by atoms with Crippen molar-refractivity contribution >= 4 is 5.78 Å². The Kier molecular flexibility index (Phi) is 3.67. The Bertz CT molecular complexity index is 445. The minimum atomic E-state index is -0.106. The Morgan fingerprint density at radius 3 is 2.95 bits per heavy atom. The predicted octanol–water partition coefficient (Wildman–Crippen LogP) is 1.83. The van der Waals surface area contributed by atoms with E-state index in [1.807, 2.05) is 6.07 Å². The number of carbonyl (C=O) groups excluding carboxylic acids is 1. The third kappa shape index (κ3) is 2.72. The number of likely N-dealkylation sites (tertiary alicyclic amines) is 1. The summed E-state index contributed by atoms with van der Waals surface area (Å²) in [5.41, 5.74) is 1.24. The van der Waals surface area contributed by atoms with Crippen LogP contribution in [0.15, 0.2) is 30.3 Å². The highest BCUT2D eigenvalue weighted by atomic mass is 16.1. The summed E-state index contributed by atoms with van der Waals surface area (Å²) in [4.78, 5) is 14.8. The number of nitrogens with zero attached hydrogens (tertiary/aromatic N) is 1. The molecule has 0 saturated carbocycles. The van der Waals surface area contributed by atoms with E-state index < -0.39 is 0 Å². The number of nitrogens with one attached hydrogen (secondary N) is 1. The van der Waals surface area contributed by atoms with Crippen LogP contribution in [0.1, 0.15) is 24.8 Å². The van der Waals surface area contributed by atoms with Crippen LogP contribution in [-0.4, -0.2) is 36.9 Å². The molecule has 0 radical (unpaired) electrons. The van der Waals surface area contributed by atoms with Gasteiger partial charge in [0.2, 0.25) is 0 Å². The van der Waals surface area contributed by atoms with Gasteiger partial charge in [-0.05, 0) is 31.5 Å². The first-order chi connectivity index (χ1) is 9.28. The topological polar surface area (TPSA) is 32.3 Å². The van der Waals surface area contributed by atoms with Crippen molar-refractivity contribution in [2.45, 2.75) is 25.8 Å². The van der Waals surface area contributed by atoms with Crippen LogP contribution < -0.4 is 5.32 Å². The quantitative estimate of drug-likeness (QED) is 0.878. The first-order valence-electron chi connectivity index (χ1n) is 7.29. The summed E-state index contributed by atoms with van der Waals surface area (Å²) < 4.78 is 0. The average Bonchev–Trinajstić information content (AvgIpc) is 2.75. The molecule has 3 heteroatoms. The Hall–Kier alpha value is -1.19. The molecule has 19 heavy (non-hydrogen) atoms. The van der Waals surface area contributed by atoms with Crippen LogP contribution in [0.4, 0.5) is 0 Å². The van der Waals surface area contributed by atoms with E-state index in [0.29, 0.717) is 5.78 Å². The molecule has 0 aliphatic carbocycles. The van der Waals surface area contributed by atoms with Gasteiger partial charge in [0.15, 0.2) is 0 Å². The molecule has 1 spiro atoms. The Morgan fingerprint density at radius 2 is 2.11 bits per heavy atom. The van der Waals surface area contributed by atoms with Gasteiger partial charge in [0.05, 0.1) is 5.41 Å². The maximum absolute atomic E-state index is 12.4. The number of benzene rings is 1. The van der Waals surface area contributed by atoms with E-state index in [2.05, 4.69) is 34.5 Å². The van der Waals surface area contributed by atoms with E-state index in [1.54, 1.807) is 0 Å². The van der Waals surface area contributed by atoms with E-state index in [0.717, 1.165) is 52.0 Å². The second-order valence-electron chi connectivity index (χ2n) is 5.93. The zero-order chi connectivity index (χ0) is 13.1. The number of Topliss-reactive ketones (excluding diaryl/α,β-unsaturated/α-hetero) is 1. The SMILES string of the molecule is O=C1CCCNCC12CCN(Cc1ccccc1)C2. The molecule has 2 aliphatic heterocycles. The third-order valence-electron chi connectivity index (χ3n) is 4.49. The lowest BCUT2D eigenvalue weighted by molar-refractivity contribution is -0.127. The Morgan fingerprint density at radius 1 is 1.26 bits per heavy atom. The fourth-order valence-corrected chi connectivity index (χ4v) is 3.37. The predicted molar refractivity (Wildman–Crippen MR) is 75.9 cm³/mol. The molecule has 102 valence electrons. The van der Waals surface area contributed by atoms with Gasteiger partial charge in [-0.15, -0.1) is 0 Å². The highest BCUT2D eigenvalue weighted by Gasteiger charge is 2.44. The molecule has 2 saturated heterocycles. The summed E-state index contributed by atoms with van der Waals surface area (Å²) >= 11 is 0. The van der Waals surface area contributed by atoms with Crippen molar-refractivity contribution in [3.8, 4) is 0 Å². The molecule has 1 atom stereocenters. The van der Waals surface area contributed by atoms with Gasteiger partial charge in [0, 0.05) is 26.1 Å². The third-order valence-corrected chi connectivity index (χ3v) is 4.49. The molecule has 3 rings (SSSR count). The summed E-state index contributed by atoms with van der Waals surface area (Å²) in [5, 5.41) is 3.45. The van der Waals surface area contributed by atoms with E-state index in [9.17, 15) is 4.79 Å². The number of hydrogen-bond acceptors (Lipinski definition) is 3. The average molecular weight is 258 g/mol. The second kappa shape index (κ2) is 5.43. The van der Waals surface area contributed by atoms with Gasteiger partial charge in [-0.25, -0.2) is 0 Å². The standard InChI is InChI=1S/C16H22N2O/c19-15-7-4-9-17-12-16(15)8-10-18(13-16)11-14-5-2-1-3-6-14/h1-3,5-6,17H,4,7-13H2. The maximum Gasteiger partial charge on any atom is 0.141 e. The first kappa shape index (κ1) is 12.8. The van der Waals surface area contributed by atoms with Crippen molar-refractivity contribution in [3.63, 3.8) is 0 Å². The fraction of sp³-hybridized carbons (Fsp3) is 0.562. The number of hydrogen-bond donors (Lipinski definition) is 1. The van der Waals surface area contributed by atoms with Gasteiger partial charge >= 0.3 is 0 Å². The first-order valence-corrected chi connectivity index (χ1v) is 7.29. The molecule has 3 nitrogen and oxygen atoms in total. The minimum Gasteiger partial charge on any atom is -0.316 e. The van der Waals surface area contributed by atoms with Crippen molar-refractivity contribution < 1.29 is 4.79 Å². The maximum atomic E-state index is 12.4. The zero-order valence-corrected chi connectivity index (χ0v) is 11.4. The highest BCUT2D eigenvalue weighted by molar-refractivity contribution is 5.86. The van der Waals surface area contributed by atoms with Crippen LogP contribution in [-0.2, 0) is 11.3 Å². The summed E-state index contributed by atoms with van der Waals surface area (Å²) in [6.07, 6.45) is 2.77. The van der Waals surface area contributed by atoms with E-state index in [4.69, 9.17) is 0 Å². The Labute approximate surface area is 115 Å². The van der Waals surface area contributed by atoms with Crippen LogP contribution in [0.25, 0.3) is 0 Å². The summed E-state index contributed by atoms with van der Waals surface area (Å²) in [6, 6.07) is 10.5. The van der Waals surface area contributed by atoms with Gasteiger partial charge in [0.25, 0.3) is 0 Å². The number of ketones is 1. The molecule has 1 aromatic carbocycles. The number of rotatable bonds is 2. The second-order valence-corrected chi connectivity index (χ2v) is 5.93. The van der Waals surface area contributed by atoms with Crippen molar-refractivity contribution in [1.82, 2.24) is 10.2 Å². The molecule has 2 fully saturated rings. The van der Waals surface area contributed by atoms with Crippen LogP contribution in [0.5, 0.6) is 0 Å². The van der Waals surface area contributed by atoms with Crippen molar-refractivity contribution in [2.75, 3.05) is 26.2 Å². The molecular formula is C16H22N2O.